The predicted molar refractivity (Wildman–Crippen MR) is 95.6 cm³/mol. The number of carbonyl (C=O) groups excluding carboxylic acids is 1. The van der Waals surface area contributed by atoms with Gasteiger partial charge in [-0.2, -0.15) is 0 Å². The lowest BCUT2D eigenvalue weighted by Gasteiger charge is -2.09. The molecule has 26 heavy (non-hydrogen) atoms. The Balaban J connectivity index is 1.59. The number of nitrogens with one attached hydrogen (secondary N) is 1. The number of hydrogen-bond acceptors (Lipinski definition) is 5. The van der Waals surface area contributed by atoms with Crippen LogP contribution in [0.5, 0.6) is 11.5 Å². The summed E-state index contributed by atoms with van der Waals surface area (Å²) in [6.45, 7) is 2.44. The fourth-order valence-electron chi connectivity index (χ4n) is 2.96. The van der Waals surface area contributed by atoms with Crippen LogP contribution in [0.4, 0.5) is 0 Å². The molecule has 0 fully saturated rings. The Hall–Kier alpha value is -3.28. The fourth-order valence-corrected chi connectivity index (χ4v) is 2.96. The first kappa shape index (κ1) is 16.2. The largest absolute Gasteiger partial charge is 0.454 e. The van der Waals surface area contributed by atoms with E-state index in [1.807, 2.05) is 12.1 Å². The maximum atomic E-state index is 12.5. The van der Waals surface area contributed by atoms with Gasteiger partial charge >= 0.3 is 5.63 Å². The molecule has 0 saturated heterocycles. The van der Waals surface area contributed by atoms with Gasteiger partial charge in [0.1, 0.15) is 5.58 Å². The van der Waals surface area contributed by atoms with Gasteiger partial charge in [0.15, 0.2) is 11.5 Å². The normalized spacial score (nSPS) is 12.3. The van der Waals surface area contributed by atoms with Gasteiger partial charge in [0, 0.05) is 23.6 Å². The van der Waals surface area contributed by atoms with Crippen LogP contribution in [-0.2, 0) is 13.0 Å². The Morgan fingerprint density at radius 1 is 1.08 bits per heavy atom. The molecule has 0 spiro atoms. The van der Waals surface area contributed by atoms with Gasteiger partial charge in [-0.3, -0.25) is 4.79 Å². The summed E-state index contributed by atoms with van der Waals surface area (Å²) in [5, 5.41) is 3.68. The molecule has 2 aromatic carbocycles. The van der Waals surface area contributed by atoms with E-state index in [9.17, 15) is 9.59 Å². The lowest BCUT2D eigenvalue weighted by molar-refractivity contribution is 0.0950. The number of benzene rings is 2. The van der Waals surface area contributed by atoms with E-state index in [-0.39, 0.29) is 19.2 Å². The third kappa shape index (κ3) is 3.01. The van der Waals surface area contributed by atoms with Gasteiger partial charge in [-0.05, 0) is 47.9 Å². The first-order valence-electron chi connectivity index (χ1n) is 8.37. The Morgan fingerprint density at radius 2 is 1.92 bits per heavy atom. The molecule has 3 aromatic rings. The van der Waals surface area contributed by atoms with E-state index in [1.165, 1.54) is 6.07 Å². The Bertz CT molecular complexity index is 1050. The molecule has 6 heteroatoms. The van der Waals surface area contributed by atoms with Gasteiger partial charge in [0.25, 0.3) is 5.91 Å². The molecule has 132 valence electrons. The minimum atomic E-state index is -0.436. The van der Waals surface area contributed by atoms with E-state index in [4.69, 9.17) is 13.9 Å². The molecule has 0 bridgehead atoms. The quantitative estimate of drug-likeness (QED) is 0.731. The number of ether oxygens (including phenoxy) is 2. The lowest BCUT2D eigenvalue weighted by atomic mass is 10.1. The first-order valence-corrected chi connectivity index (χ1v) is 8.37. The molecule has 0 atom stereocenters. The highest BCUT2D eigenvalue weighted by Gasteiger charge is 2.16. The summed E-state index contributed by atoms with van der Waals surface area (Å²) in [4.78, 5) is 24.2. The van der Waals surface area contributed by atoms with E-state index < -0.39 is 5.63 Å². The second-order valence-electron chi connectivity index (χ2n) is 6.03. The van der Waals surface area contributed by atoms with Crippen LogP contribution in [0.15, 0.2) is 51.7 Å². The van der Waals surface area contributed by atoms with E-state index in [2.05, 4.69) is 12.2 Å². The molecule has 1 aromatic heterocycles. The average Bonchev–Trinajstić information content (AvgIpc) is 3.13. The maximum absolute atomic E-state index is 12.5. The number of amides is 1. The molecule has 0 saturated carbocycles. The van der Waals surface area contributed by atoms with Crippen molar-refractivity contribution in [2.75, 3.05) is 6.79 Å². The molecule has 1 N–H and O–H groups in total. The van der Waals surface area contributed by atoms with Crippen LogP contribution in [-0.4, -0.2) is 12.7 Å². The third-order valence-corrected chi connectivity index (χ3v) is 4.37. The molecule has 0 radical (unpaired) electrons. The molecule has 1 aliphatic heterocycles. The summed E-state index contributed by atoms with van der Waals surface area (Å²) in [7, 11) is 0. The maximum Gasteiger partial charge on any atom is 0.336 e. The van der Waals surface area contributed by atoms with Crippen molar-refractivity contribution >= 4 is 16.9 Å². The van der Waals surface area contributed by atoms with Crippen molar-refractivity contribution in [2.45, 2.75) is 19.9 Å². The standard InChI is InChI=1S/C20H17NO5/c1-2-12-3-5-16-15(7-12)14(9-19(22)26-16)10-21-20(23)13-4-6-17-18(8-13)25-11-24-17/h3-9H,2,10-11H2,1H3,(H,21,23). The number of rotatable bonds is 4. The van der Waals surface area contributed by atoms with Gasteiger partial charge in [-0.15, -0.1) is 0 Å². The van der Waals surface area contributed by atoms with E-state index >= 15 is 0 Å². The summed E-state index contributed by atoms with van der Waals surface area (Å²) >= 11 is 0. The van der Waals surface area contributed by atoms with Crippen LogP contribution in [0.25, 0.3) is 11.0 Å². The number of hydrogen-bond donors (Lipinski definition) is 1. The van der Waals surface area contributed by atoms with Crippen LogP contribution < -0.4 is 20.4 Å². The van der Waals surface area contributed by atoms with Gasteiger partial charge in [0.05, 0.1) is 0 Å². The summed E-state index contributed by atoms with van der Waals surface area (Å²) in [6.07, 6.45) is 0.873. The van der Waals surface area contributed by atoms with Gasteiger partial charge in [-0.1, -0.05) is 13.0 Å². The first-order chi connectivity index (χ1) is 12.6. The Kier molecular flexibility index (Phi) is 4.08. The van der Waals surface area contributed by atoms with Crippen molar-refractivity contribution in [1.82, 2.24) is 5.32 Å². The molecule has 4 rings (SSSR count). The number of aryl methyl sites for hydroxylation is 1. The van der Waals surface area contributed by atoms with Crippen molar-refractivity contribution in [1.29, 1.82) is 0 Å². The smallest absolute Gasteiger partial charge is 0.336 e. The zero-order chi connectivity index (χ0) is 18.1. The summed E-state index contributed by atoms with van der Waals surface area (Å²) in [6, 6.07) is 12.2. The summed E-state index contributed by atoms with van der Waals surface area (Å²) < 4.78 is 15.8. The van der Waals surface area contributed by atoms with Crippen LogP contribution in [0.1, 0.15) is 28.4 Å². The minimum Gasteiger partial charge on any atom is -0.454 e. The highest BCUT2D eigenvalue weighted by atomic mass is 16.7. The molecule has 6 nitrogen and oxygen atoms in total. The minimum absolute atomic E-state index is 0.159. The van der Waals surface area contributed by atoms with Gasteiger partial charge in [-0.25, -0.2) is 4.79 Å². The molecule has 2 heterocycles. The molecular formula is C20H17NO5. The zero-order valence-corrected chi connectivity index (χ0v) is 14.2. The van der Waals surface area contributed by atoms with Crippen molar-refractivity contribution in [3.05, 3.63) is 69.6 Å². The monoisotopic (exact) mass is 351 g/mol. The van der Waals surface area contributed by atoms with Gasteiger partial charge in [0.2, 0.25) is 6.79 Å². The Morgan fingerprint density at radius 3 is 2.77 bits per heavy atom. The summed E-state index contributed by atoms with van der Waals surface area (Å²) in [5.74, 6) is 0.924. The van der Waals surface area contributed by atoms with Crippen LogP contribution in [0.2, 0.25) is 0 Å². The van der Waals surface area contributed by atoms with Crippen LogP contribution >= 0.6 is 0 Å². The zero-order valence-electron chi connectivity index (χ0n) is 14.2. The van der Waals surface area contributed by atoms with Crippen molar-refractivity contribution < 1.29 is 18.7 Å². The third-order valence-electron chi connectivity index (χ3n) is 4.37. The highest BCUT2D eigenvalue weighted by molar-refractivity contribution is 5.95. The fraction of sp³-hybridized carbons (Fsp3) is 0.200. The molecule has 0 unspecified atom stereocenters. The summed E-state index contributed by atoms with van der Waals surface area (Å²) in [5.41, 5.74) is 2.40. The van der Waals surface area contributed by atoms with Crippen LogP contribution in [0, 0.1) is 0 Å². The van der Waals surface area contributed by atoms with Crippen molar-refractivity contribution in [3.8, 4) is 11.5 Å². The molecule has 0 aliphatic carbocycles. The SMILES string of the molecule is CCc1ccc2oc(=O)cc(CNC(=O)c3ccc4c(c3)OCO4)c2c1. The van der Waals surface area contributed by atoms with E-state index in [1.54, 1.807) is 24.3 Å². The predicted octanol–water partition coefficient (Wildman–Crippen LogP) is 3.01. The molecule has 1 aliphatic rings. The number of fused-ring (bicyclic) bond motifs is 2. The van der Waals surface area contributed by atoms with E-state index in [0.717, 1.165) is 22.9 Å². The van der Waals surface area contributed by atoms with Crippen molar-refractivity contribution in [2.24, 2.45) is 0 Å². The molecule has 1 amide bonds. The number of carbonyl (C=O) groups is 1. The second-order valence-corrected chi connectivity index (χ2v) is 6.03. The van der Waals surface area contributed by atoms with Crippen molar-refractivity contribution in [3.63, 3.8) is 0 Å². The lowest BCUT2D eigenvalue weighted by Crippen LogP contribution is -2.23. The van der Waals surface area contributed by atoms with E-state index in [0.29, 0.717) is 22.6 Å². The van der Waals surface area contributed by atoms with Crippen LogP contribution in [0.3, 0.4) is 0 Å². The Labute approximate surface area is 149 Å². The topological polar surface area (TPSA) is 77.8 Å². The van der Waals surface area contributed by atoms with Gasteiger partial charge < -0.3 is 19.2 Å². The molecular weight excluding hydrogens is 334 g/mol. The average molecular weight is 351 g/mol. The highest BCUT2D eigenvalue weighted by Crippen LogP contribution is 2.32. The second kappa shape index (κ2) is 6.55.